The number of anilines is 2. The maximum absolute atomic E-state index is 13.3. The molecule has 6 heterocycles. The van der Waals surface area contributed by atoms with Crippen LogP contribution in [0.25, 0.3) is 130 Å². The van der Waals surface area contributed by atoms with Crippen LogP contribution in [-0.4, -0.2) is 67.0 Å². The summed E-state index contributed by atoms with van der Waals surface area (Å²) in [4.78, 5) is 69.0. The van der Waals surface area contributed by atoms with Crippen molar-refractivity contribution < 1.29 is 40.3 Å². The second-order valence-corrected chi connectivity index (χ2v) is 41.1. The molecule has 129 heavy (non-hydrogen) atoms. The molecule has 6 aliphatic rings. The Morgan fingerprint density at radius 3 is 1.75 bits per heavy atom. The van der Waals surface area contributed by atoms with E-state index < -0.39 is 28.3 Å². The van der Waals surface area contributed by atoms with E-state index in [1.54, 1.807) is 38.2 Å². The normalized spacial score (nSPS) is 13.6. The summed E-state index contributed by atoms with van der Waals surface area (Å²) in [5.41, 5.74) is 16.3. The third-order valence-corrected chi connectivity index (χ3v) is 26.0. The molecule has 3 aliphatic heterocycles. The molecule has 0 saturated heterocycles. The lowest BCUT2D eigenvalue weighted by atomic mass is 9.77. The highest BCUT2D eigenvalue weighted by Crippen LogP contribution is 2.47. The molecule has 3 aliphatic carbocycles. The smallest absolute Gasteiger partial charge is 0.351 e. The number of benzene rings is 12. The summed E-state index contributed by atoms with van der Waals surface area (Å²) in [5, 5.41) is 16.7. The number of aryl methyl sites for hydroxylation is 2. The summed E-state index contributed by atoms with van der Waals surface area (Å²) in [6.07, 6.45) is 15.7. The Morgan fingerprint density at radius 1 is 0.496 bits per heavy atom. The van der Waals surface area contributed by atoms with Crippen molar-refractivity contribution in [1.82, 2.24) is 9.14 Å². The van der Waals surface area contributed by atoms with Crippen LogP contribution in [0, 0.1) is 10.8 Å². The zero-order chi connectivity index (χ0) is 90.8. The van der Waals surface area contributed by atoms with Gasteiger partial charge in [0.25, 0.3) is 11.1 Å². The third kappa shape index (κ3) is 18.8. The first-order valence-electron chi connectivity index (χ1n) is 45.8. The highest BCUT2D eigenvalue weighted by molar-refractivity contribution is 7.25. The van der Waals surface area contributed by atoms with Gasteiger partial charge in [-0.05, 0) is 307 Å². The van der Waals surface area contributed by atoms with Crippen LogP contribution in [0.5, 0.6) is 0 Å². The van der Waals surface area contributed by atoms with Crippen LogP contribution in [0.3, 0.4) is 0 Å². The van der Waals surface area contributed by atoms with Crippen LogP contribution in [0.4, 0.5) is 11.4 Å². The number of rotatable bonds is 10. The Bertz CT molecular complexity index is 7270. The number of carbonyl (C=O) groups excluding carboxylic acids is 2. The Balaban J connectivity index is 0.000000126. The molecule has 0 atom stereocenters. The number of hydrogen-bond acceptors (Lipinski definition) is 12. The van der Waals surface area contributed by atoms with Gasteiger partial charge in [0.15, 0.2) is 0 Å². The second kappa shape index (κ2) is 36.5. The van der Waals surface area contributed by atoms with Crippen LogP contribution in [0.2, 0.25) is 0 Å². The number of esters is 2. The van der Waals surface area contributed by atoms with Crippen molar-refractivity contribution >= 4 is 142 Å². The monoisotopic (exact) mass is 1760 g/mol. The van der Waals surface area contributed by atoms with Crippen LogP contribution in [-0.2, 0) is 47.1 Å². The third-order valence-electron chi connectivity index (χ3n) is 24.9. The van der Waals surface area contributed by atoms with Gasteiger partial charge in [-0.3, -0.25) is 14.2 Å². The van der Waals surface area contributed by atoms with Gasteiger partial charge in [-0.25, -0.2) is 19.0 Å². The standard InChI is InChI=1S/C32H39N2O3.C22H17NO2S.C21H22.C20H23NO4.C19H20.ClH/c1-8-33(9-2)22-16-18-26-28(20-22)36-29-21-23(34(10-3)11-4)17-19-27(29)30(26)24-14-12-13-15-25(24)31(35)37-32(5,6)7;1-22(2,3)23-20(24)14-9-8-13-12-6-4-5-7-16(12)26-17-11-10-15(21(23)25)18(14)19(13)17;1-21(2,3)13-17-12-16-8-4-6-14-10-11-15-7-5-9-18(17)20(15)19(14)16;1-20(2,3)25-19(23)15-11-13-10-12-6-4-8-21-9-5-7-14(16(12)21)17(13)24-18(15)22;1-19(2,3)13-18-16-10-6-4-8-14(16)12-15-9-5-7-11-17(15)18;/h12-21H,8-11H2,1-7H3;4-11H,1-3H3;4-6,8-9,11-12H,7,10,13H2,1-3H3;10-11H,4-9H2,1-3H3;4-12H,13H2,1-3H3;1H/q+1;;;;;/p-1. The average Bonchev–Trinajstić information content (AvgIpc) is 0.708. The second-order valence-electron chi connectivity index (χ2n) is 40.0. The summed E-state index contributed by atoms with van der Waals surface area (Å²) >= 11 is 1.70. The highest BCUT2D eigenvalue weighted by atomic mass is 35.5. The first-order chi connectivity index (χ1) is 61.0. The quantitative estimate of drug-likeness (QED) is 0.0424. The lowest BCUT2D eigenvalue weighted by Crippen LogP contribution is -3.00. The predicted molar refractivity (Wildman–Crippen MR) is 538 cm³/mol. The first kappa shape index (κ1) is 91.8. The van der Waals surface area contributed by atoms with Crippen LogP contribution >= 0.6 is 11.3 Å². The molecule has 0 saturated carbocycles. The molecule has 664 valence electrons. The van der Waals surface area contributed by atoms with E-state index in [1.165, 1.54) is 86.2 Å². The minimum atomic E-state index is -0.652. The van der Waals surface area contributed by atoms with Gasteiger partial charge < -0.3 is 40.5 Å². The lowest BCUT2D eigenvalue weighted by Gasteiger charge is -2.37. The number of aromatic nitrogens is 1. The van der Waals surface area contributed by atoms with Crippen LogP contribution < -0.4 is 48.9 Å². The Morgan fingerprint density at radius 2 is 1.10 bits per heavy atom. The number of halogens is 1. The fourth-order valence-electron chi connectivity index (χ4n) is 19.5. The Labute approximate surface area is 767 Å². The van der Waals surface area contributed by atoms with Crippen molar-refractivity contribution in [3.63, 3.8) is 0 Å². The number of ether oxygens (including phenoxy) is 2. The van der Waals surface area contributed by atoms with Crippen molar-refractivity contribution in [2.75, 3.05) is 49.1 Å². The number of nitrogens with zero attached hydrogens (tertiary/aromatic N) is 4. The maximum atomic E-state index is 13.3. The summed E-state index contributed by atoms with van der Waals surface area (Å²) in [6, 6.07) is 69.2. The molecular formula is C114H121ClN4O9S. The van der Waals surface area contributed by atoms with Crippen molar-refractivity contribution in [3.8, 4) is 22.5 Å². The van der Waals surface area contributed by atoms with E-state index >= 15 is 0 Å². The summed E-state index contributed by atoms with van der Waals surface area (Å²) < 4.78 is 29.3. The fourth-order valence-corrected chi connectivity index (χ4v) is 20.6. The van der Waals surface area contributed by atoms with E-state index in [4.69, 9.17) is 18.3 Å². The van der Waals surface area contributed by atoms with Gasteiger partial charge in [-0.15, -0.1) is 11.3 Å². The summed E-state index contributed by atoms with van der Waals surface area (Å²) in [7, 11) is 0. The molecule has 15 heteroatoms. The number of fused-ring (bicyclic) bond motifs is 8. The molecule has 0 bridgehead atoms. The molecule has 20 rings (SSSR count). The van der Waals surface area contributed by atoms with E-state index in [9.17, 15) is 24.0 Å². The molecule has 3 aromatic heterocycles. The van der Waals surface area contributed by atoms with E-state index in [2.05, 4.69) is 235 Å². The maximum Gasteiger partial charge on any atom is 0.351 e. The van der Waals surface area contributed by atoms with Crippen LogP contribution in [0.1, 0.15) is 210 Å². The van der Waals surface area contributed by atoms with Crippen molar-refractivity contribution in [2.45, 2.75) is 200 Å². The molecule has 0 N–H and O–H groups in total. The topological polar surface area (TPSA) is 145 Å². The Hall–Kier alpha value is -12.0. The van der Waals surface area contributed by atoms with Crippen molar-refractivity contribution in [2.24, 2.45) is 10.8 Å². The predicted octanol–water partition coefficient (Wildman–Crippen LogP) is 23.7. The molecule has 0 radical (unpaired) electrons. The minimum absolute atomic E-state index is 0. The fraction of sp³-hybridized carbons (Fsp3) is 0.333. The summed E-state index contributed by atoms with van der Waals surface area (Å²) in [5.74, 6) is -0.163. The zero-order valence-corrected chi connectivity index (χ0v) is 80.0. The molecule has 13 nitrogen and oxygen atoms in total. The number of carbonyl (C=O) groups is 2. The lowest BCUT2D eigenvalue weighted by molar-refractivity contribution is -0.000319. The average molecular weight is 1760 g/mol. The van der Waals surface area contributed by atoms with Gasteiger partial charge in [0, 0.05) is 114 Å². The first-order valence-corrected chi connectivity index (χ1v) is 46.7. The van der Waals surface area contributed by atoms with Gasteiger partial charge in [0.1, 0.15) is 46.8 Å². The molecule has 0 unspecified atom stereocenters. The number of hydrogen-bond donors (Lipinski definition) is 0. The SMILES string of the molecule is CC(C)(C)Cc1c2ccccc2cc2ccccc12.CC(C)(C)Cc1cc2cccc3c2c2c1C=CCC2=CC3.CC(C)(C)OC(=O)c1cc2cc3c4c(c2oc1=O)CCCN4CCC3.CC(C)(C)n1c(=O)c2ccc3sc4ccccc4c4ccc(c1=O)c2c34.CCN(CC)c1ccc2c(-c3ccccc3C(=O)OC(C)(C)C)c3ccc(=[N+](CC)CC)cc-3oc2c1.[Cl-]. The molecule has 11 aromatic carbocycles. The Kier molecular flexibility index (Phi) is 26.0. The van der Waals surface area contributed by atoms with Crippen LogP contribution in [0.15, 0.2) is 236 Å². The van der Waals surface area contributed by atoms with Gasteiger partial charge in [-0.1, -0.05) is 175 Å². The number of pyridine rings is 1. The van der Waals surface area contributed by atoms with E-state index in [0.717, 1.165) is 172 Å². The molecule has 14 aromatic rings. The molecular weight excluding hydrogens is 1640 g/mol. The minimum Gasteiger partial charge on any atom is -1.00 e. The van der Waals surface area contributed by atoms with Crippen molar-refractivity contribution in [1.29, 1.82) is 0 Å². The molecule has 0 spiro atoms. The van der Waals surface area contributed by atoms with E-state index in [1.807, 2.05) is 102 Å². The van der Waals surface area contributed by atoms with Crippen molar-refractivity contribution in [3.05, 3.63) is 299 Å². The van der Waals surface area contributed by atoms with Gasteiger partial charge >= 0.3 is 17.6 Å². The van der Waals surface area contributed by atoms with Gasteiger partial charge in [-0.2, -0.15) is 0 Å². The highest BCUT2D eigenvalue weighted by Gasteiger charge is 2.33. The van der Waals surface area contributed by atoms with Gasteiger partial charge in [0.05, 0.1) is 11.6 Å². The molecule has 0 amide bonds. The summed E-state index contributed by atoms with van der Waals surface area (Å²) in [6.45, 7) is 45.0. The van der Waals surface area contributed by atoms with E-state index in [-0.39, 0.29) is 35.1 Å². The molecule has 0 fully saturated rings. The van der Waals surface area contributed by atoms with E-state index in [0.29, 0.717) is 32.7 Å². The number of allylic oxidation sites excluding steroid dienone is 3. The largest absolute Gasteiger partial charge is 1.00 e. The zero-order valence-electron chi connectivity index (χ0n) is 78.4. The van der Waals surface area contributed by atoms with Gasteiger partial charge in [0.2, 0.25) is 5.36 Å².